The Morgan fingerprint density at radius 2 is 2.17 bits per heavy atom. The van der Waals surface area contributed by atoms with E-state index < -0.39 is 0 Å². The van der Waals surface area contributed by atoms with Crippen molar-refractivity contribution >= 4 is 28.5 Å². The number of aromatic nitrogens is 1. The SMILES string of the molecule is NC(=NO)c1cc2ccccc2nc1SCCO. The highest BCUT2D eigenvalue weighted by molar-refractivity contribution is 7.99. The number of nitrogens with zero attached hydrogens (tertiary/aromatic N) is 2. The van der Waals surface area contributed by atoms with E-state index in [-0.39, 0.29) is 12.4 Å². The minimum atomic E-state index is 0.0219. The Balaban J connectivity index is 2.56. The second-order valence-electron chi connectivity index (χ2n) is 3.59. The maximum atomic E-state index is 8.87. The van der Waals surface area contributed by atoms with E-state index in [0.29, 0.717) is 16.3 Å². The number of hydrogen-bond acceptors (Lipinski definition) is 5. The van der Waals surface area contributed by atoms with Gasteiger partial charge in [0.05, 0.1) is 17.7 Å². The Hall–Kier alpha value is -1.79. The summed E-state index contributed by atoms with van der Waals surface area (Å²) in [5, 5.41) is 22.2. The summed E-state index contributed by atoms with van der Waals surface area (Å²) < 4.78 is 0. The maximum Gasteiger partial charge on any atom is 0.172 e. The number of rotatable bonds is 4. The lowest BCUT2D eigenvalue weighted by Crippen LogP contribution is -2.15. The molecule has 0 aliphatic rings. The fraction of sp³-hybridized carbons (Fsp3) is 0.167. The van der Waals surface area contributed by atoms with Crippen molar-refractivity contribution in [3.05, 3.63) is 35.9 Å². The molecule has 2 aromatic rings. The molecule has 4 N–H and O–H groups in total. The first-order valence-corrected chi connectivity index (χ1v) is 6.36. The van der Waals surface area contributed by atoms with Crippen LogP contribution in [0, 0.1) is 0 Å². The van der Waals surface area contributed by atoms with Gasteiger partial charge >= 0.3 is 0 Å². The lowest BCUT2D eigenvalue weighted by atomic mass is 10.1. The van der Waals surface area contributed by atoms with Crippen molar-refractivity contribution in [1.82, 2.24) is 4.98 Å². The molecule has 0 saturated heterocycles. The van der Waals surface area contributed by atoms with Crippen LogP contribution in [0.25, 0.3) is 10.9 Å². The van der Waals surface area contributed by atoms with Crippen LogP contribution in [0.3, 0.4) is 0 Å². The number of pyridine rings is 1. The highest BCUT2D eigenvalue weighted by Crippen LogP contribution is 2.24. The quantitative estimate of drug-likeness (QED) is 0.255. The molecule has 18 heavy (non-hydrogen) atoms. The van der Waals surface area contributed by atoms with Crippen molar-refractivity contribution in [2.75, 3.05) is 12.4 Å². The Morgan fingerprint density at radius 1 is 1.39 bits per heavy atom. The van der Waals surface area contributed by atoms with Crippen molar-refractivity contribution in [2.45, 2.75) is 5.03 Å². The lowest BCUT2D eigenvalue weighted by Gasteiger charge is -2.08. The van der Waals surface area contributed by atoms with E-state index in [1.165, 1.54) is 11.8 Å². The van der Waals surface area contributed by atoms with Gasteiger partial charge in [-0.25, -0.2) is 4.98 Å². The van der Waals surface area contributed by atoms with Crippen LogP contribution in [0.4, 0.5) is 0 Å². The summed E-state index contributed by atoms with van der Waals surface area (Å²) in [7, 11) is 0. The van der Waals surface area contributed by atoms with Crippen LogP contribution < -0.4 is 5.73 Å². The number of aliphatic hydroxyl groups excluding tert-OH is 1. The smallest absolute Gasteiger partial charge is 0.172 e. The number of fused-ring (bicyclic) bond motifs is 1. The maximum absolute atomic E-state index is 8.87. The zero-order chi connectivity index (χ0) is 13.0. The summed E-state index contributed by atoms with van der Waals surface area (Å²) in [4.78, 5) is 4.46. The van der Waals surface area contributed by atoms with E-state index in [9.17, 15) is 0 Å². The van der Waals surface area contributed by atoms with Gasteiger partial charge in [-0.15, -0.1) is 11.8 Å². The third-order valence-corrected chi connectivity index (χ3v) is 3.37. The Morgan fingerprint density at radius 3 is 2.89 bits per heavy atom. The van der Waals surface area contributed by atoms with Gasteiger partial charge in [0.15, 0.2) is 5.84 Å². The molecule has 1 heterocycles. The highest BCUT2D eigenvalue weighted by Gasteiger charge is 2.11. The van der Waals surface area contributed by atoms with Gasteiger partial charge in [-0.3, -0.25) is 0 Å². The van der Waals surface area contributed by atoms with Crippen molar-refractivity contribution < 1.29 is 10.3 Å². The number of aliphatic hydroxyl groups is 1. The van der Waals surface area contributed by atoms with Gasteiger partial charge in [-0.1, -0.05) is 23.4 Å². The molecule has 1 aromatic carbocycles. The summed E-state index contributed by atoms with van der Waals surface area (Å²) in [6.07, 6.45) is 0. The van der Waals surface area contributed by atoms with E-state index in [1.54, 1.807) is 0 Å². The van der Waals surface area contributed by atoms with Gasteiger partial charge in [-0.05, 0) is 12.1 Å². The average molecular weight is 263 g/mol. The molecule has 0 atom stereocenters. The van der Waals surface area contributed by atoms with Gasteiger partial charge in [-0.2, -0.15) is 0 Å². The van der Waals surface area contributed by atoms with E-state index in [2.05, 4.69) is 10.1 Å². The van der Waals surface area contributed by atoms with Gasteiger partial charge in [0.1, 0.15) is 5.03 Å². The fourth-order valence-electron chi connectivity index (χ4n) is 1.59. The molecule has 2 rings (SSSR count). The third-order valence-electron chi connectivity index (χ3n) is 2.40. The van der Waals surface area contributed by atoms with Crippen molar-refractivity contribution in [1.29, 1.82) is 0 Å². The first-order chi connectivity index (χ1) is 8.76. The topological polar surface area (TPSA) is 91.7 Å². The predicted molar refractivity (Wildman–Crippen MR) is 72.1 cm³/mol. The number of nitrogens with two attached hydrogens (primary N) is 1. The van der Waals surface area contributed by atoms with Crippen molar-refractivity contribution in [3.8, 4) is 0 Å². The minimum absolute atomic E-state index is 0.0219. The molecule has 0 aliphatic carbocycles. The molecular formula is C12H13N3O2S. The zero-order valence-electron chi connectivity index (χ0n) is 9.58. The van der Waals surface area contributed by atoms with Crippen LogP contribution in [0.1, 0.15) is 5.56 Å². The first-order valence-electron chi connectivity index (χ1n) is 5.37. The zero-order valence-corrected chi connectivity index (χ0v) is 10.4. The lowest BCUT2D eigenvalue weighted by molar-refractivity contribution is 0.318. The van der Waals surface area contributed by atoms with Gasteiger partial charge in [0, 0.05) is 11.1 Å². The molecule has 0 radical (unpaired) electrons. The average Bonchev–Trinajstić information content (AvgIpc) is 2.43. The van der Waals surface area contributed by atoms with E-state index in [1.807, 2.05) is 30.3 Å². The summed E-state index contributed by atoms with van der Waals surface area (Å²) in [6, 6.07) is 9.45. The molecule has 5 nitrogen and oxygen atoms in total. The summed E-state index contributed by atoms with van der Waals surface area (Å²) in [6.45, 7) is 0.0504. The number of oxime groups is 1. The standard InChI is InChI=1S/C12H13N3O2S/c13-11(15-17)9-7-8-3-1-2-4-10(8)14-12(9)18-6-5-16/h1-4,7,16-17H,5-6H2,(H2,13,15). The molecule has 0 unspecified atom stereocenters. The van der Waals surface area contributed by atoms with E-state index in [4.69, 9.17) is 16.0 Å². The molecule has 6 heteroatoms. The second-order valence-corrected chi connectivity index (χ2v) is 4.67. The molecule has 0 spiro atoms. The predicted octanol–water partition coefficient (Wildman–Crippen LogP) is 1.41. The normalized spacial score (nSPS) is 11.9. The van der Waals surface area contributed by atoms with Crippen LogP contribution in [0.5, 0.6) is 0 Å². The molecular weight excluding hydrogens is 250 g/mol. The van der Waals surface area contributed by atoms with E-state index >= 15 is 0 Å². The summed E-state index contributed by atoms with van der Waals surface area (Å²) >= 11 is 1.37. The molecule has 0 amide bonds. The molecule has 94 valence electrons. The van der Waals surface area contributed by atoms with Crippen LogP contribution in [0.2, 0.25) is 0 Å². The number of amidine groups is 1. The number of benzene rings is 1. The molecule has 0 saturated carbocycles. The van der Waals surface area contributed by atoms with E-state index in [0.717, 1.165) is 10.9 Å². The fourth-order valence-corrected chi connectivity index (χ4v) is 2.35. The first kappa shape index (κ1) is 12.7. The number of para-hydroxylation sites is 1. The Kier molecular flexibility index (Phi) is 4.01. The summed E-state index contributed by atoms with van der Waals surface area (Å²) in [5.74, 6) is 0.533. The molecule has 1 aromatic heterocycles. The van der Waals surface area contributed by atoms with Crippen molar-refractivity contribution in [3.63, 3.8) is 0 Å². The largest absolute Gasteiger partial charge is 0.409 e. The van der Waals surface area contributed by atoms with Crippen LogP contribution in [0.15, 0.2) is 40.5 Å². The van der Waals surface area contributed by atoms with Gasteiger partial charge in [0.25, 0.3) is 0 Å². The summed E-state index contributed by atoms with van der Waals surface area (Å²) in [5.41, 5.74) is 7.06. The second kappa shape index (κ2) is 5.70. The number of thioether (sulfide) groups is 1. The third kappa shape index (κ3) is 2.55. The minimum Gasteiger partial charge on any atom is -0.409 e. The van der Waals surface area contributed by atoms with Gasteiger partial charge < -0.3 is 16.0 Å². The monoisotopic (exact) mass is 263 g/mol. The number of hydrogen-bond donors (Lipinski definition) is 3. The van der Waals surface area contributed by atoms with Crippen molar-refractivity contribution in [2.24, 2.45) is 10.9 Å². The molecule has 0 aliphatic heterocycles. The Labute approximate surface area is 108 Å². The van der Waals surface area contributed by atoms with Crippen LogP contribution in [-0.4, -0.2) is 33.5 Å². The van der Waals surface area contributed by atoms with Crippen LogP contribution in [-0.2, 0) is 0 Å². The van der Waals surface area contributed by atoms with Crippen LogP contribution >= 0.6 is 11.8 Å². The highest BCUT2D eigenvalue weighted by atomic mass is 32.2. The van der Waals surface area contributed by atoms with Gasteiger partial charge in [0.2, 0.25) is 0 Å². The molecule has 0 bridgehead atoms. The molecule has 0 fully saturated rings. The Bertz CT molecular complexity index is 587.